The summed E-state index contributed by atoms with van der Waals surface area (Å²) in [6.45, 7) is 5.48. The number of hydrogen-bond donors (Lipinski definition) is 1. The van der Waals surface area contributed by atoms with Crippen LogP contribution in [0.4, 0.5) is 5.82 Å². The summed E-state index contributed by atoms with van der Waals surface area (Å²) < 4.78 is 0. The molecule has 3 heteroatoms. The Morgan fingerprint density at radius 1 is 1.47 bits per heavy atom. The number of nitrogens with one attached hydrogen (secondary N) is 1. The third-order valence-corrected chi connectivity index (χ3v) is 3.74. The van der Waals surface area contributed by atoms with Crippen molar-refractivity contribution < 1.29 is 0 Å². The fraction of sp³-hybridized carbons (Fsp3) is 0.643. The van der Waals surface area contributed by atoms with Crippen molar-refractivity contribution in [2.24, 2.45) is 0 Å². The molecule has 2 atom stereocenters. The van der Waals surface area contributed by atoms with Crippen LogP contribution in [-0.4, -0.2) is 24.1 Å². The van der Waals surface area contributed by atoms with Gasteiger partial charge in [0.05, 0.1) is 0 Å². The van der Waals surface area contributed by atoms with E-state index in [4.69, 9.17) is 0 Å². The highest BCUT2D eigenvalue weighted by atomic mass is 15.3. The van der Waals surface area contributed by atoms with Gasteiger partial charge in [0, 0.05) is 30.4 Å². The quantitative estimate of drug-likeness (QED) is 0.866. The van der Waals surface area contributed by atoms with Gasteiger partial charge in [-0.2, -0.15) is 0 Å². The monoisotopic (exact) mass is 233 g/mol. The van der Waals surface area contributed by atoms with Crippen LogP contribution >= 0.6 is 0 Å². The molecule has 2 unspecified atom stereocenters. The summed E-state index contributed by atoms with van der Waals surface area (Å²) in [5.41, 5.74) is 1.31. The van der Waals surface area contributed by atoms with E-state index in [-0.39, 0.29) is 0 Å². The van der Waals surface area contributed by atoms with E-state index in [1.165, 1.54) is 30.6 Å². The number of anilines is 1. The molecule has 0 spiro atoms. The third-order valence-electron chi connectivity index (χ3n) is 3.74. The maximum Gasteiger partial charge on any atom is 0.133 e. The number of rotatable bonds is 4. The first-order valence-electron chi connectivity index (χ1n) is 6.64. The van der Waals surface area contributed by atoms with Crippen LogP contribution in [0.5, 0.6) is 0 Å². The first-order chi connectivity index (χ1) is 8.27. The SMILES string of the molecule is CCC1CCC(C)N1c1ncccc1CNC. The van der Waals surface area contributed by atoms with Crippen molar-refractivity contribution in [3.05, 3.63) is 23.9 Å². The molecule has 1 saturated heterocycles. The molecule has 1 aliphatic heterocycles. The Morgan fingerprint density at radius 3 is 3.00 bits per heavy atom. The highest BCUT2D eigenvalue weighted by molar-refractivity contribution is 5.49. The fourth-order valence-corrected chi connectivity index (χ4v) is 2.85. The maximum atomic E-state index is 4.61. The highest BCUT2D eigenvalue weighted by Gasteiger charge is 2.31. The first-order valence-corrected chi connectivity index (χ1v) is 6.64. The summed E-state index contributed by atoms with van der Waals surface area (Å²) in [5.74, 6) is 1.18. The van der Waals surface area contributed by atoms with Gasteiger partial charge in [-0.05, 0) is 39.3 Å². The predicted octanol–water partition coefficient (Wildman–Crippen LogP) is 2.57. The third kappa shape index (κ3) is 2.44. The first kappa shape index (κ1) is 12.4. The van der Waals surface area contributed by atoms with Crippen molar-refractivity contribution >= 4 is 5.82 Å². The largest absolute Gasteiger partial charge is 0.351 e. The molecule has 0 aliphatic carbocycles. The van der Waals surface area contributed by atoms with Gasteiger partial charge in [-0.3, -0.25) is 0 Å². The molecule has 0 amide bonds. The fourth-order valence-electron chi connectivity index (χ4n) is 2.85. The molecule has 2 rings (SSSR count). The van der Waals surface area contributed by atoms with Gasteiger partial charge in [0.25, 0.3) is 0 Å². The Labute approximate surface area is 104 Å². The Kier molecular flexibility index (Phi) is 4.00. The second-order valence-corrected chi connectivity index (χ2v) is 4.91. The second-order valence-electron chi connectivity index (χ2n) is 4.91. The molecule has 0 radical (unpaired) electrons. The molecule has 1 aliphatic rings. The van der Waals surface area contributed by atoms with Crippen molar-refractivity contribution in [1.29, 1.82) is 0 Å². The van der Waals surface area contributed by atoms with Crippen LogP contribution in [-0.2, 0) is 6.54 Å². The van der Waals surface area contributed by atoms with Crippen molar-refractivity contribution in [3.8, 4) is 0 Å². The molecule has 1 aromatic heterocycles. The standard InChI is InChI=1S/C14H23N3/c1-4-13-8-7-11(2)17(13)14-12(10-15-3)6-5-9-16-14/h5-6,9,11,13,15H,4,7-8,10H2,1-3H3. The van der Waals surface area contributed by atoms with E-state index in [1.807, 2.05) is 19.3 Å². The zero-order valence-corrected chi connectivity index (χ0v) is 11.1. The predicted molar refractivity (Wildman–Crippen MR) is 72.3 cm³/mol. The zero-order valence-electron chi connectivity index (χ0n) is 11.1. The van der Waals surface area contributed by atoms with E-state index in [2.05, 4.69) is 35.1 Å². The van der Waals surface area contributed by atoms with E-state index in [1.54, 1.807) is 0 Å². The number of nitrogens with zero attached hydrogens (tertiary/aromatic N) is 2. The number of hydrogen-bond acceptors (Lipinski definition) is 3. The topological polar surface area (TPSA) is 28.2 Å². The minimum Gasteiger partial charge on any atom is -0.351 e. The number of aromatic nitrogens is 1. The molecule has 94 valence electrons. The molecule has 0 saturated carbocycles. The van der Waals surface area contributed by atoms with E-state index >= 15 is 0 Å². The maximum absolute atomic E-state index is 4.61. The highest BCUT2D eigenvalue weighted by Crippen LogP contribution is 2.32. The van der Waals surface area contributed by atoms with Gasteiger partial charge in [-0.25, -0.2) is 4.98 Å². The summed E-state index contributed by atoms with van der Waals surface area (Å²) >= 11 is 0. The van der Waals surface area contributed by atoms with Crippen LogP contribution in [0.3, 0.4) is 0 Å². The van der Waals surface area contributed by atoms with E-state index < -0.39 is 0 Å². The minimum atomic E-state index is 0.616. The molecule has 0 bridgehead atoms. The molecule has 2 heterocycles. The lowest BCUT2D eigenvalue weighted by atomic mass is 10.1. The average Bonchev–Trinajstić information content (AvgIpc) is 2.72. The lowest BCUT2D eigenvalue weighted by Gasteiger charge is -2.30. The molecule has 1 fully saturated rings. The summed E-state index contributed by atoms with van der Waals surface area (Å²) in [4.78, 5) is 7.13. The molecular formula is C14H23N3. The molecule has 1 N–H and O–H groups in total. The Bertz CT molecular complexity index is 364. The zero-order chi connectivity index (χ0) is 12.3. The van der Waals surface area contributed by atoms with Crippen LogP contribution in [0.25, 0.3) is 0 Å². The average molecular weight is 233 g/mol. The Morgan fingerprint density at radius 2 is 2.29 bits per heavy atom. The summed E-state index contributed by atoms with van der Waals surface area (Å²) in [5, 5.41) is 3.23. The molecule has 0 aromatic carbocycles. The van der Waals surface area contributed by atoms with Crippen LogP contribution in [0.2, 0.25) is 0 Å². The van der Waals surface area contributed by atoms with Crippen LogP contribution in [0, 0.1) is 0 Å². The Hall–Kier alpha value is -1.09. The lowest BCUT2D eigenvalue weighted by Crippen LogP contribution is -2.35. The van der Waals surface area contributed by atoms with E-state index in [0.717, 1.165) is 6.54 Å². The minimum absolute atomic E-state index is 0.616. The molecular weight excluding hydrogens is 210 g/mol. The van der Waals surface area contributed by atoms with Gasteiger partial charge in [-0.15, -0.1) is 0 Å². The summed E-state index contributed by atoms with van der Waals surface area (Å²) in [6.07, 6.45) is 5.70. The van der Waals surface area contributed by atoms with Crippen molar-refractivity contribution in [2.45, 2.75) is 51.7 Å². The van der Waals surface area contributed by atoms with Crippen molar-refractivity contribution in [3.63, 3.8) is 0 Å². The molecule has 3 nitrogen and oxygen atoms in total. The summed E-state index contributed by atoms with van der Waals surface area (Å²) in [6, 6.07) is 5.48. The van der Waals surface area contributed by atoms with E-state index in [0.29, 0.717) is 12.1 Å². The van der Waals surface area contributed by atoms with E-state index in [9.17, 15) is 0 Å². The van der Waals surface area contributed by atoms with Crippen molar-refractivity contribution in [2.75, 3.05) is 11.9 Å². The normalized spacial score (nSPS) is 24.3. The van der Waals surface area contributed by atoms with Gasteiger partial charge >= 0.3 is 0 Å². The second kappa shape index (κ2) is 5.50. The molecule has 17 heavy (non-hydrogen) atoms. The number of pyridine rings is 1. The van der Waals surface area contributed by atoms with Gasteiger partial charge in [0.1, 0.15) is 5.82 Å². The van der Waals surface area contributed by atoms with Gasteiger partial charge in [0.15, 0.2) is 0 Å². The van der Waals surface area contributed by atoms with Crippen LogP contribution in [0.15, 0.2) is 18.3 Å². The Balaban J connectivity index is 2.31. The van der Waals surface area contributed by atoms with Crippen LogP contribution in [0.1, 0.15) is 38.7 Å². The smallest absolute Gasteiger partial charge is 0.133 e. The van der Waals surface area contributed by atoms with Gasteiger partial charge in [-0.1, -0.05) is 13.0 Å². The van der Waals surface area contributed by atoms with Crippen molar-refractivity contribution in [1.82, 2.24) is 10.3 Å². The summed E-state index contributed by atoms with van der Waals surface area (Å²) in [7, 11) is 1.99. The molecule has 1 aromatic rings. The lowest BCUT2D eigenvalue weighted by molar-refractivity contribution is 0.616. The van der Waals surface area contributed by atoms with Crippen LogP contribution < -0.4 is 10.2 Å². The van der Waals surface area contributed by atoms with Gasteiger partial charge < -0.3 is 10.2 Å². The van der Waals surface area contributed by atoms with Gasteiger partial charge in [0.2, 0.25) is 0 Å².